The topological polar surface area (TPSA) is 78.9 Å². The molecule has 1 unspecified atom stereocenters. The van der Waals surface area contributed by atoms with Gasteiger partial charge in [0.1, 0.15) is 13.2 Å². The van der Waals surface area contributed by atoms with Crippen LogP contribution >= 0.6 is 0 Å². The van der Waals surface area contributed by atoms with Crippen LogP contribution in [0.2, 0.25) is 0 Å². The fourth-order valence-electron chi connectivity index (χ4n) is 10.5. The van der Waals surface area contributed by atoms with Gasteiger partial charge in [0.15, 0.2) is 6.10 Å². The summed E-state index contributed by atoms with van der Waals surface area (Å²) in [6.07, 6.45) is 88.2. The van der Waals surface area contributed by atoms with Gasteiger partial charge in [0, 0.05) is 19.3 Å². The highest BCUT2D eigenvalue weighted by atomic mass is 16.6. The lowest BCUT2D eigenvalue weighted by atomic mass is 10.0. The van der Waals surface area contributed by atoms with Crippen LogP contribution in [0.3, 0.4) is 0 Å². The van der Waals surface area contributed by atoms with Crippen molar-refractivity contribution in [2.75, 3.05) is 13.2 Å². The maximum absolute atomic E-state index is 12.9. The van der Waals surface area contributed by atoms with Crippen molar-refractivity contribution in [3.8, 4) is 0 Å². The summed E-state index contributed by atoms with van der Waals surface area (Å²) in [7, 11) is 0. The SMILES string of the molecule is CC/C=C\C/C=C\C/C=C\C/C=C\CCCCCCCCCCCCCCCCCCCCC(=O)OCC(COC(=O)CCCCCCCCCCCCCCC)OC(=O)CCCCCCCCC/C=C\CCCCCCCCC. The maximum atomic E-state index is 12.9. The van der Waals surface area contributed by atoms with E-state index in [-0.39, 0.29) is 31.1 Å². The Morgan fingerprint density at radius 3 is 0.775 bits per heavy atom. The third-order valence-electron chi connectivity index (χ3n) is 15.8. The summed E-state index contributed by atoms with van der Waals surface area (Å²) in [4.78, 5) is 38.4. The van der Waals surface area contributed by atoms with Gasteiger partial charge in [-0.1, -0.05) is 332 Å². The lowest BCUT2D eigenvalue weighted by molar-refractivity contribution is -0.167. The Hall–Kier alpha value is -2.89. The number of carbonyl (C=O) groups is 3. The molecule has 0 saturated heterocycles. The number of hydrogen-bond donors (Lipinski definition) is 0. The molecular weight excluding hydrogens is 985 g/mol. The first-order chi connectivity index (χ1) is 39.5. The Morgan fingerprint density at radius 2 is 0.487 bits per heavy atom. The summed E-state index contributed by atoms with van der Waals surface area (Å²) in [6, 6.07) is 0. The summed E-state index contributed by atoms with van der Waals surface area (Å²) in [5, 5.41) is 0. The molecule has 1 atom stereocenters. The Bertz CT molecular complexity index is 1430. The summed E-state index contributed by atoms with van der Waals surface area (Å²) < 4.78 is 17.0. The molecule has 0 aromatic heterocycles. The van der Waals surface area contributed by atoms with Crippen molar-refractivity contribution in [3.05, 3.63) is 60.8 Å². The van der Waals surface area contributed by atoms with E-state index < -0.39 is 6.10 Å². The molecule has 0 bridgehead atoms. The Labute approximate surface area is 498 Å². The van der Waals surface area contributed by atoms with Gasteiger partial charge in [-0.2, -0.15) is 0 Å². The molecule has 0 rings (SSSR count). The zero-order chi connectivity index (χ0) is 57.8. The molecule has 0 fully saturated rings. The first-order valence-electron chi connectivity index (χ1n) is 35.3. The highest BCUT2D eigenvalue weighted by Gasteiger charge is 2.19. The molecule has 0 saturated carbocycles. The fraction of sp³-hybridized carbons (Fsp3) is 0.824. The zero-order valence-electron chi connectivity index (χ0n) is 53.6. The van der Waals surface area contributed by atoms with Gasteiger partial charge >= 0.3 is 17.9 Å². The van der Waals surface area contributed by atoms with Crippen LogP contribution in [-0.4, -0.2) is 37.2 Å². The van der Waals surface area contributed by atoms with Crippen LogP contribution in [-0.2, 0) is 28.6 Å². The van der Waals surface area contributed by atoms with Crippen LogP contribution in [0.15, 0.2) is 60.8 Å². The molecule has 0 radical (unpaired) electrons. The van der Waals surface area contributed by atoms with Gasteiger partial charge in [-0.3, -0.25) is 14.4 Å². The molecule has 0 heterocycles. The second-order valence-corrected chi connectivity index (χ2v) is 23.8. The highest BCUT2D eigenvalue weighted by molar-refractivity contribution is 5.71. The predicted molar refractivity (Wildman–Crippen MR) is 348 cm³/mol. The van der Waals surface area contributed by atoms with Crippen LogP contribution < -0.4 is 0 Å². The minimum Gasteiger partial charge on any atom is -0.462 e. The van der Waals surface area contributed by atoms with Crippen molar-refractivity contribution < 1.29 is 28.6 Å². The normalized spacial score (nSPS) is 12.4. The summed E-state index contributed by atoms with van der Waals surface area (Å²) >= 11 is 0. The van der Waals surface area contributed by atoms with E-state index in [1.807, 2.05) is 0 Å². The van der Waals surface area contributed by atoms with E-state index in [9.17, 15) is 14.4 Å². The molecule has 0 aliphatic heterocycles. The fourth-order valence-corrected chi connectivity index (χ4v) is 10.5. The molecule has 0 aromatic carbocycles. The quantitative estimate of drug-likeness (QED) is 0.0261. The second-order valence-electron chi connectivity index (χ2n) is 23.8. The average Bonchev–Trinajstić information content (AvgIpc) is 3.46. The van der Waals surface area contributed by atoms with Crippen molar-refractivity contribution in [2.45, 2.75) is 380 Å². The Kier molecular flexibility index (Phi) is 66.1. The number of allylic oxidation sites excluding steroid dienone is 10. The van der Waals surface area contributed by atoms with Crippen molar-refractivity contribution in [2.24, 2.45) is 0 Å². The minimum absolute atomic E-state index is 0.0695. The third-order valence-corrected chi connectivity index (χ3v) is 15.8. The minimum atomic E-state index is -0.773. The van der Waals surface area contributed by atoms with Gasteiger partial charge in [-0.05, 0) is 83.5 Å². The highest BCUT2D eigenvalue weighted by Crippen LogP contribution is 2.18. The predicted octanol–water partition coefficient (Wildman–Crippen LogP) is 24.3. The second kappa shape index (κ2) is 68.6. The Balaban J connectivity index is 4.17. The first-order valence-corrected chi connectivity index (χ1v) is 35.3. The van der Waals surface area contributed by atoms with Gasteiger partial charge in [-0.25, -0.2) is 0 Å². The van der Waals surface area contributed by atoms with Crippen LogP contribution in [0.4, 0.5) is 0 Å². The molecule has 6 heteroatoms. The molecule has 0 amide bonds. The Morgan fingerprint density at radius 1 is 0.263 bits per heavy atom. The van der Waals surface area contributed by atoms with Crippen LogP contribution in [0.25, 0.3) is 0 Å². The van der Waals surface area contributed by atoms with Crippen molar-refractivity contribution in [1.82, 2.24) is 0 Å². The summed E-state index contributed by atoms with van der Waals surface area (Å²) in [5.41, 5.74) is 0. The van der Waals surface area contributed by atoms with Gasteiger partial charge < -0.3 is 14.2 Å². The third kappa shape index (κ3) is 65.9. The van der Waals surface area contributed by atoms with E-state index >= 15 is 0 Å². The molecule has 0 N–H and O–H groups in total. The van der Waals surface area contributed by atoms with E-state index in [0.29, 0.717) is 19.3 Å². The number of rotatable bonds is 65. The maximum Gasteiger partial charge on any atom is 0.306 e. The summed E-state index contributed by atoms with van der Waals surface area (Å²) in [6.45, 7) is 6.58. The molecule has 0 spiro atoms. The van der Waals surface area contributed by atoms with E-state index in [2.05, 4.69) is 81.5 Å². The number of unbranched alkanes of at least 4 members (excludes halogenated alkanes) is 44. The smallest absolute Gasteiger partial charge is 0.306 e. The number of ether oxygens (including phenoxy) is 3. The average molecular weight is 1120 g/mol. The molecular formula is C74H134O6. The largest absolute Gasteiger partial charge is 0.462 e. The van der Waals surface area contributed by atoms with Crippen LogP contribution in [0.5, 0.6) is 0 Å². The van der Waals surface area contributed by atoms with Gasteiger partial charge in [0.2, 0.25) is 0 Å². The van der Waals surface area contributed by atoms with E-state index in [1.165, 1.54) is 250 Å². The van der Waals surface area contributed by atoms with E-state index in [0.717, 1.165) is 83.5 Å². The molecule has 6 nitrogen and oxygen atoms in total. The summed E-state index contributed by atoms with van der Waals surface area (Å²) in [5.74, 6) is -0.848. The number of hydrogen-bond acceptors (Lipinski definition) is 6. The van der Waals surface area contributed by atoms with Gasteiger partial charge in [-0.15, -0.1) is 0 Å². The lowest BCUT2D eigenvalue weighted by Gasteiger charge is -2.18. The first kappa shape index (κ1) is 77.1. The molecule has 0 aliphatic rings. The standard InChI is InChI=1S/C74H134O6/c1-4-7-10-13-16-19-22-25-27-29-31-32-33-34-35-36-37-38-39-40-41-42-43-45-46-49-52-55-58-61-64-67-73(76)79-70-71(69-78-72(75)66-63-60-57-54-51-48-24-21-18-15-12-9-6-3)80-74(77)68-65-62-59-56-53-50-47-44-30-28-26-23-20-17-14-11-8-5-2/h7,10,16,19,25,27-28,30-32,71H,4-6,8-9,11-15,17-18,20-24,26,29,33-70H2,1-3H3/b10-7-,19-16-,27-25-,30-28-,32-31-. The zero-order valence-corrected chi connectivity index (χ0v) is 53.6. The van der Waals surface area contributed by atoms with Crippen LogP contribution in [0.1, 0.15) is 374 Å². The molecule has 0 aromatic rings. The molecule has 80 heavy (non-hydrogen) atoms. The van der Waals surface area contributed by atoms with Gasteiger partial charge in [0.05, 0.1) is 0 Å². The number of carbonyl (C=O) groups excluding carboxylic acids is 3. The van der Waals surface area contributed by atoms with Crippen molar-refractivity contribution >= 4 is 17.9 Å². The van der Waals surface area contributed by atoms with Crippen LogP contribution in [0, 0.1) is 0 Å². The molecule has 0 aliphatic carbocycles. The van der Waals surface area contributed by atoms with Crippen molar-refractivity contribution in [1.29, 1.82) is 0 Å². The van der Waals surface area contributed by atoms with Crippen molar-refractivity contribution in [3.63, 3.8) is 0 Å². The lowest BCUT2D eigenvalue weighted by Crippen LogP contribution is -2.30. The van der Waals surface area contributed by atoms with Gasteiger partial charge in [0.25, 0.3) is 0 Å². The number of esters is 3. The molecule has 466 valence electrons. The monoisotopic (exact) mass is 1120 g/mol. The van der Waals surface area contributed by atoms with E-state index in [4.69, 9.17) is 14.2 Å². The van der Waals surface area contributed by atoms with E-state index in [1.54, 1.807) is 0 Å².